The molecule has 0 fully saturated rings. The molecule has 96 valence electrons. The van der Waals surface area contributed by atoms with Crippen molar-refractivity contribution in [3.63, 3.8) is 0 Å². The van der Waals surface area contributed by atoms with Gasteiger partial charge in [0, 0.05) is 23.5 Å². The number of phenolic OH excluding ortho intramolecular Hbond substituents is 1. The molecule has 3 rings (SSSR count). The van der Waals surface area contributed by atoms with Crippen LogP contribution < -0.4 is 15.8 Å². The number of amidine groups is 1. The highest BCUT2D eigenvalue weighted by atomic mass is 16.5. The van der Waals surface area contributed by atoms with E-state index in [9.17, 15) is 5.11 Å². The van der Waals surface area contributed by atoms with E-state index in [1.54, 1.807) is 30.3 Å². The number of hydrogen-bond donors (Lipinski definition) is 3. The normalized spacial score (nSPS) is 13.2. The summed E-state index contributed by atoms with van der Waals surface area (Å²) in [7, 11) is 0. The van der Waals surface area contributed by atoms with Crippen LogP contribution in [0.4, 0.5) is 17.1 Å². The lowest BCUT2D eigenvalue weighted by atomic mass is 10.2. The molecule has 1 aliphatic heterocycles. The maximum absolute atomic E-state index is 9.41. The van der Waals surface area contributed by atoms with E-state index in [0.717, 1.165) is 11.4 Å². The molecular formula is C14H13N3O2. The molecule has 5 heteroatoms. The number of nitrogens with zero attached hydrogens (tertiary/aromatic N) is 1. The third-order valence-electron chi connectivity index (χ3n) is 2.74. The van der Waals surface area contributed by atoms with E-state index in [1.165, 1.54) is 0 Å². The smallest absolute Gasteiger partial charge is 0.147 e. The van der Waals surface area contributed by atoms with Crippen LogP contribution in [0, 0.1) is 0 Å². The van der Waals surface area contributed by atoms with Crippen molar-refractivity contribution >= 4 is 22.9 Å². The standard InChI is InChI=1S/C14H13N3O2/c15-9-4-5-12-13(6-9)19-8-14(17-12)16-10-2-1-3-11(18)7-10/h1-7,18H,8,15H2,(H,16,17). The molecule has 0 radical (unpaired) electrons. The Morgan fingerprint density at radius 3 is 2.95 bits per heavy atom. The molecule has 0 amide bonds. The first kappa shape index (κ1) is 11.4. The van der Waals surface area contributed by atoms with Crippen LogP contribution in [0.25, 0.3) is 0 Å². The highest BCUT2D eigenvalue weighted by Crippen LogP contribution is 2.32. The largest absolute Gasteiger partial charge is 0.508 e. The average Bonchev–Trinajstić information content (AvgIpc) is 2.39. The summed E-state index contributed by atoms with van der Waals surface area (Å²) in [6.45, 7) is 0.339. The van der Waals surface area contributed by atoms with Crippen LogP contribution in [0.5, 0.6) is 11.5 Å². The number of ether oxygens (including phenoxy) is 1. The lowest BCUT2D eigenvalue weighted by Crippen LogP contribution is -2.23. The summed E-state index contributed by atoms with van der Waals surface area (Å²) in [4.78, 5) is 4.45. The van der Waals surface area contributed by atoms with Crippen LogP contribution in [0.2, 0.25) is 0 Å². The van der Waals surface area contributed by atoms with Gasteiger partial charge in [-0.3, -0.25) is 0 Å². The molecule has 5 nitrogen and oxygen atoms in total. The number of fused-ring (bicyclic) bond motifs is 1. The number of anilines is 2. The van der Waals surface area contributed by atoms with Gasteiger partial charge in [0.2, 0.25) is 0 Å². The summed E-state index contributed by atoms with van der Waals surface area (Å²) in [6.07, 6.45) is 0. The second-order valence-electron chi connectivity index (χ2n) is 4.25. The molecular weight excluding hydrogens is 242 g/mol. The van der Waals surface area contributed by atoms with Gasteiger partial charge < -0.3 is 20.9 Å². The Bertz CT molecular complexity index is 653. The molecule has 2 aromatic rings. The molecule has 1 heterocycles. The molecule has 2 aromatic carbocycles. The van der Waals surface area contributed by atoms with Crippen LogP contribution in [0.3, 0.4) is 0 Å². The summed E-state index contributed by atoms with van der Waals surface area (Å²) >= 11 is 0. The first-order valence-electron chi connectivity index (χ1n) is 5.87. The van der Waals surface area contributed by atoms with Crippen molar-refractivity contribution in [1.82, 2.24) is 0 Å². The zero-order chi connectivity index (χ0) is 13.2. The lowest BCUT2D eigenvalue weighted by molar-refractivity contribution is 0.372. The van der Waals surface area contributed by atoms with Gasteiger partial charge in [0.1, 0.15) is 29.6 Å². The molecule has 0 atom stereocenters. The van der Waals surface area contributed by atoms with Gasteiger partial charge in [0.05, 0.1) is 0 Å². The second-order valence-corrected chi connectivity index (χ2v) is 4.25. The van der Waals surface area contributed by atoms with E-state index < -0.39 is 0 Å². The van der Waals surface area contributed by atoms with Crippen LogP contribution in [-0.4, -0.2) is 17.5 Å². The molecule has 0 bridgehead atoms. The van der Waals surface area contributed by atoms with Crippen molar-refractivity contribution < 1.29 is 9.84 Å². The van der Waals surface area contributed by atoms with Crippen LogP contribution in [0.15, 0.2) is 47.5 Å². The second kappa shape index (κ2) is 4.53. The summed E-state index contributed by atoms with van der Waals surface area (Å²) in [5.41, 5.74) is 7.84. The highest BCUT2D eigenvalue weighted by molar-refractivity contribution is 5.99. The maximum Gasteiger partial charge on any atom is 0.147 e. The minimum Gasteiger partial charge on any atom is -0.508 e. The van der Waals surface area contributed by atoms with Gasteiger partial charge in [0.25, 0.3) is 0 Å². The van der Waals surface area contributed by atoms with Gasteiger partial charge in [-0.1, -0.05) is 6.07 Å². The zero-order valence-corrected chi connectivity index (χ0v) is 10.1. The number of nitrogens with two attached hydrogens (primary N) is 1. The average molecular weight is 255 g/mol. The van der Waals surface area contributed by atoms with Crippen LogP contribution >= 0.6 is 0 Å². The fourth-order valence-electron chi connectivity index (χ4n) is 1.88. The Kier molecular flexibility index (Phi) is 2.72. The molecule has 0 saturated carbocycles. The van der Waals surface area contributed by atoms with Gasteiger partial charge in [-0.15, -0.1) is 0 Å². The number of aromatic hydroxyl groups is 1. The Balaban J connectivity index is 1.85. The number of hydrogen-bond acceptors (Lipinski definition) is 5. The van der Waals surface area contributed by atoms with Crippen LogP contribution in [0.1, 0.15) is 0 Å². The molecule has 0 saturated heterocycles. The van der Waals surface area contributed by atoms with Gasteiger partial charge in [0.15, 0.2) is 0 Å². The van der Waals surface area contributed by atoms with Gasteiger partial charge in [-0.05, 0) is 24.3 Å². The summed E-state index contributed by atoms with van der Waals surface area (Å²) in [5, 5.41) is 12.5. The summed E-state index contributed by atoms with van der Waals surface area (Å²) in [6, 6.07) is 12.2. The van der Waals surface area contributed by atoms with Crippen molar-refractivity contribution in [2.24, 2.45) is 4.99 Å². The molecule has 0 aliphatic carbocycles. The predicted molar refractivity (Wildman–Crippen MR) is 75.2 cm³/mol. The molecule has 1 aliphatic rings. The first-order valence-corrected chi connectivity index (χ1v) is 5.87. The monoisotopic (exact) mass is 255 g/mol. The number of benzene rings is 2. The Morgan fingerprint density at radius 2 is 2.11 bits per heavy atom. The summed E-state index contributed by atoms with van der Waals surface area (Å²) in [5.74, 6) is 1.57. The molecule has 0 aromatic heterocycles. The topological polar surface area (TPSA) is 79.9 Å². The van der Waals surface area contributed by atoms with E-state index in [1.807, 2.05) is 12.1 Å². The Hall–Kier alpha value is -2.69. The Morgan fingerprint density at radius 1 is 1.21 bits per heavy atom. The van der Waals surface area contributed by atoms with Crippen LogP contribution in [-0.2, 0) is 0 Å². The Labute approximate surface area is 110 Å². The number of phenols is 1. The van der Waals surface area contributed by atoms with E-state index in [2.05, 4.69) is 10.3 Å². The van der Waals surface area contributed by atoms with Gasteiger partial charge in [-0.2, -0.15) is 0 Å². The van der Waals surface area contributed by atoms with Gasteiger partial charge in [-0.25, -0.2) is 4.99 Å². The fraction of sp³-hybridized carbons (Fsp3) is 0.0714. The number of rotatable bonds is 1. The predicted octanol–water partition coefficient (Wildman–Crippen LogP) is 2.51. The fourth-order valence-corrected chi connectivity index (χ4v) is 1.88. The SMILES string of the molecule is Nc1ccc2c(c1)OCC(Nc1cccc(O)c1)=N2. The van der Waals surface area contributed by atoms with Gasteiger partial charge >= 0.3 is 0 Å². The van der Waals surface area contributed by atoms with Crippen molar-refractivity contribution in [2.45, 2.75) is 0 Å². The maximum atomic E-state index is 9.41. The first-order chi connectivity index (χ1) is 9.20. The van der Waals surface area contributed by atoms with Crippen molar-refractivity contribution in [2.75, 3.05) is 17.7 Å². The minimum atomic E-state index is 0.204. The zero-order valence-electron chi connectivity index (χ0n) is 10.1. The molecule has 0 spiro atoms. The van der Waals surface area contributed by atoms with E-state index >= 15 is 0 Å². The molecule has 0 unspecified atom stereocenters. The quantitative estimate of drug-likeness (QED) is 0.684. The highest BCUT2D eigenvalue weighted by Gasteiger charge is 2.13. The van der Waals surface area contributed by atoms with Crippen molar-refractivity contribution in [3.8, 4) is 11.5 Å². The number of nitrogen functional groups attached to an aromatic ring is 1. The number of nitrogens with one attached hydrogen (secondary N) is 1. The van der Waals surface area contributed by atoms with Crippen molar-refractivity contribution in [3.05, 3.63) is 42.5 Å². The minimum absolute atomic E-state index is 0.204. The molecule has 19 heavy (non-hydrogen) atoms. The van der Waals surface area contributed by atoms with Crippen molar-refractivity contribution in [1.29, 1.82) is 0 Å². The molecule has 4 N–H and O–H groups in total. The van der Waals surface area contributed by atoms with E-state index in [0.29, 0.717) is 23.9 Å². The summed E-state index contributed by atoms with van der Waals surface area (Å²) < 4.78 is 5.58. The number of aliphatic imine (C=N–C) groups is 1. The van der Waals surface area contributed by atoms with E-state index in [4.69, 9.17) is 10.5 Å². The van der Waals surface area contributed by atoms with E-state index in [-0.39, 0.29) is 5.75 Å². The lowest BCUT2D eigenvalue weighted by Gasteiger charge is -2.18. The third-order valence-corrected chi connectivity index (χ3v) is 2.74. The third kappa shape index (κ3) is 2.44.